The minimum atomic E-state index is -0.651. The SMILES string of the molecule is CCOC(=O)C/C(N)=N\Nc1cc(Cl)c(Cl)cc1[N+](=O)[O-]. The number of anilines is 1. The molecule has 114 valence electrons. The van der Waals surface area contributed by atoms with Crippen molar-refractivity contribution in [2.45, 2.75) is 13.3 Å². The highest BCUT2D eigenvalue weighted by atomic mass is 35.5. The van der Waals surface area contributed by atoms with Crippen LogP contribution in [0.4, 0.5) is 11.4 Å². The first-order valence-electron chi connectivity index (χ1n) is 5.72. The molecule has 0 saturated heterocycles. The van der Waals surface area contributed by atoms with Gasteiger partial charge in [0, 0.05) is 6.07 Å². The van der Waals surface area contributed by atoms with Gasteiger partial charge in [0.2, 0.25) is 0 Å². The second-order valence-corrected chi connectivity index (χ2v) is 4.55. The van der Waals surface area contributed by atoms with Crippen molar-refractivity contribution in [3.63, 3.8) is 0 Å². The van der Waals surface area contributed by atoms with Crippen LogP contribution in [0.5, 0.6) is 0 Å². The number of nitrogens with two attached hydrogens (primary N) is 1. The van der Waals surface area contributed by atoms with Crippen LogP contribution < -0.4 is 11.2 Å². The topological polar surface area (TPSA) is 120 Å². The predicted octanol–water partition coefficient (Wildman–Crippen LogP) is 2.54. The van der Waals surface area contributed by atoms with Crippen molar-refractivity contribution in [1.29, 1.82) is 0 Å². The number of hydrogen-bond acceptors (Lipinski definition) is 6. The van der Waals surface area contributed by atoms with Gasteiger partial charge in [-0.2, -0.15) is 5.10 Å². The monoisotopic (exact) mass is 334 g/mol. The lowest BCUT2D eigenvalue weighted by Crippen LogP contribution is -2.20. The summed E-state index contributed by atoms with van der Waals surface area (Å²) in [5.41, 5.74) is 7.56. The Morgan fingerprint density at radius 1 is 1.48 bits per heavy atom. The summed E-state index contributed by atoms with van der Waals surface area (Å²) in [7, 11) is 0. The van der Waals surface area contributed by atoms with Gasteiger partial charge in [-0.15, -0.1) is 0 Å². The third kappa shape index (κ3) is 5.09. The molecule has 0 amide bonds. The van der Waals surface area contributed by atoms with E-state index in [0.29, 0.717) is 0 Å². The number of esters is 1. The van der Waals surface area contributed by atoms with E-state index in [1.807, 2.05) is 0 Å². The number of nitrogens with one attached hydrogen (secondary N) is 1. The maximum atomic E-state index is 11.2. The average molecular weight is 335 g/mol. The van der Waals surface area contributed by atoms with Gasteiger partial charge >= 0.3 is 5.97 Å². The maximum absolute atomic E-state index is 11.2. The van der Waals surface area contributed by atoms with Crippen LogP contribution in [0, 0.1) is 10.1 Å². The number of hydrazone groups is 1. The minimum absolute atomic E-state index is 0.00112. The number of rotatable bonds is 6. The fourth-order valence-electron chi connectivity index (χ4n) is 1.31. The van der Waals surface area contributed by atoms with E-state index in [1.54, 1.807) is 6.92 Å². The zero-order chi connectivity index (χ0) is 16.0. The van der Waals surface area contributed by atoms with Crippen molar-refractivity contribution < 1.29 is 14.5 Å². The first-order chi connectivity index (χ1) is 9.85. The number of ether oxygens (including phenoxy) is 1. The van der Waals surface area contributed by atoms with E-state index in [4.69, 9.17) is 28.9 Å². The highest BCUT2D eigenvalue weighted by Crippen LogP contribution is 2.33. The number of benzene rings is 1. The van der Waals surface area contributed by atoms with Crippen LogP contribution in [0.15, 0.2) is 17.2 Å². The zero-order valence-corrected chi connectivity index (χ0v) is 12.4. The molecule has 1 aromatic carbocycles. The molecule has 3 N–H and O–H groups in total. The Kier molecular flexibility index (Phi) is 6.19. The Labute approximate surface area is 130 Å². The van der Waals surface area contributed by atoms with E-state index in [-0.39, 0.29) is 40.3 Å². The number of hydrogen-bond donors (Lipinski definition) is 2. The number of amidine groups is 1. The normalized spacial score (nSPS) is 11.1. The molecule has 0 aliphatic rings. The Morgan fingerprint density at radius 3 is 2.67 bits per heavy atom. The Morgan fingerprint density at radius 2 is 2.10 bits per heavy atom. The van der Waals surface area contributed by atoms with Crippen molar-refractivity contribution in [3.8, 4) is 0 Å². The summed E-state index contributed by atoms with van der Waals surface area (Å²) in [6, 6.07) is 2.33. The molecule has 0 saturated carbocycles. The highest BCUT2D eigenvalue weighted by molar-refractivity contribution is 6.42. The standard InChI is InChI=1S/C11H12Cl2N4O4/c1-2-21-11(18)5-10(14)16-15-8-3-6(12)7(13)4-9(8)17(19)20/h3-4,15H,2,5H2,1H3,(H2,14,16). The second kappa shape index (κ2) is 7.65. The molecular formula is C11H12Cl2N4O4. The maximum Gasteiger partial charge on any atom is 0.313 e. The molecular weight excluding hydrogens is 323 g/mol. The summed E-state index contributed by atoms with van der Waals surface area (Å²) in [6.07, 6.45) is -0.240. The van der Waals surface area contributed by atoms with Gasteiger partial charge in [0.1, 0.15) is 17.9 Å². The van der Waals surface area contributed by atoms with Gasteiger partial charge in [-0.3, -0.25) is 20.3 Å². The van der Waals surface area contributed by atoms with Gasteiger partial charge in [0.25, 0.3) is 5.69 Å². The number of carbonyl (C=O) groups excluding carboxylic acids is 1. The van der Waals surface area contributed by atoms with E-state index in [2.05, 4.69) is 15.3 Å². The lowest BCUT2D eigenvalue weighted by Gasteiger charge is -2.06. The lowest BCUT2D eigenvalue weighted by molar-refractivity contribution is -0.383. The van der Waals surface area contributed by atoms with Gasteiger partial charge in [-0.1, -0.05) is 23.2 Å². The third-order valence-corrected chi connectivity index (χ3v) is 2.91. The molecule has 0 aliphatic heterocycles. The zero-order valence-electron chi connectivity index (χ0n) is 10.9. The molecule has 10 heteroatoms. The molecule has 1 aromatic rings. The number of carbonyl (C=O) groups is 1. The molecule has 0 aliphatic carbocycles. The minimum Gasteiger partial charge on any atom is -0.466 e. The van der Waals surface area contributed by atoms with Crippen LogP contribution in [0.2, 0.25) is 10.0 Å². The summed E-state index contributed by atoms with van der Waals surface area (Å²) < 4.78 is 4.69. The smallest absolute Gasteiger partial charge is 0.313 e. The molecule has 0 atom stereocenters. The fraction of sp³-hybridized carbons (Fsp3) is 0.273. The first kappa shape index (κ1) is 17.0. The van der Waals surface area contributed by atoms with Crippen LogP contribution >= 0.6 is 23.2 Å². The number of nitrogens with zero attached hydrogens (tertiary/aromatic N) is 2. The van der Waals surface area contributed by atoms with Crippen molar-refractivity contribution in [2.24, 2.45) is 10.8 Å². The molecule has 1 rings (SSSR count). The van der Waals surface area contributed by atoms with Crippen LogP contribution in [0.3, 0.4) is 0 Å². The van der Waals surface area contributed by atoms with Gasteiger partial charge in [0.05, 0.1) is 21.6 Å². The molecule has 0 aromatic heterocycles. The molecule has 0 spiro atoms. The summed E-state index contributed by atoms with van der Waals surface area (Å²) in [4.78, 5) is 21.4. The number of nitro groups is 1. The van der Waals surface area contributed by atoms with Crippen molar-refractivity contribution in [2.75, 3.05) is 12.0 Å². The Hall–Kier alpha value is -2.06. The van der Waals surface area contributed by atoms with E-state index in [1.165, 1.54) is 6.07 Å². The van der Waals surface area contributed by atoms with E-state index in [9.17, 15) is 14.9 Å². The summed E-state index contributed by atoms with van der Waals surface area (Å²) in [6.45, 7) is 1.88. The van der Waals surface area contributed by atoms with Crippen LogP contribution in [0.25, 0.3) is 0 Å². The largest absolute Gasteiger partial charge is 0.466 e. The summed E-state index contributed by atoms with van der Waals surface area (Å²) in [5.74, 6) is -0.641. The van der Waals surface area contributed by atoms with Gasteiger partial charge in [-0.25, -0.2) is 0 Å². The van der Waals surface area contributed by atoms with Crippen LogP contribution in [0.1, 0.15) is 13.3 Å². The van der Waals surface area contributed by atoms with E-state index >= 15 is 0 Å². The third-order valence-electron chi connectivity index (χ3n) is 2.19. The van der Waals surface area contributed by atoms with Crippen molar-refractivity contribution in [3.05, 3.63) is 32.3 Å². The summed E-state index contributed by atoms with van der Waals surface area (Å²) in [5, 5.41) is 14.7. The van der Waals surface area contributed by atoms with Gasteiger partial charge in [-0.05, 0) is 13.0 Å². The van der Waals surface area contributed by atoms with Crippen molar-refractivity contribution >= 4 is 46.4 Å². The summed E-state index contributed by atoms with van der Waals surface area (Å²) >= 11 is 11.5. The quantitative estimate of drug-likeness (QED) is 0.271. The molecule has 0 radical (unpaired) electrons. The molecule has 21 heavy (non-hydrogen) atoms. The number of nitro benzene ring substituents is 1. The molecule has 0 fully saturated rings. The van der Waals surface area contributed by atoms with Gasteiger partial charge < -0.3 is 10.5 Å². The first-order valence-corrected chi connectivity index (χ1v) is 6.47. The average Bonchev–Trinajstić information content (AvgIpc) is 2.39. The highest BCUT2D eigenvalue weighted by Gasteiger charge is 2.17. The van der Waals surface area contributed by atoms with E-state index < -0.39 is 10.9 Å². The fourth-order valence-corrected chi connectivity index (χ4v) is 1.63. The van der Waals surface area contributed by atoms with Crippen molar-refractivity contribution in [1.82, 2.24) is 0 Å². The molecule has 8 nitrogen and oxygen atoms in total. The van der Waals surface area contributed by atoms with Crippen LogP contribution in [-0.4, -0.2) is 23.3 Å². The molecule has 0 bridgehead atoms. The number of halogens is 2. The Bertz CT molecular complexity index is 592. The molecule has 0 unspecified atom stereocenters. The second-order valence-electron chi connectivity index (χ2n) is 3.74. The lowest BCUT2D eigenvalue weighted by atomic mass is 10.3. The predicted molar refractivity (Wildman–Crippen MR) is 79.6 cm³/mol. The van der Waals surface area contributed by atoms with Crippen LogP contribution in [-0.2, 0) is 9.53 Å². The molecule has 0 heterocycles. The van der Waals surface area contributed by atoms with E-state index in [0.717, 1.165) is 6.07 Å². The Balaban J connectivity index is 2.90. The van der Waals surface area contributed by atoms with Gasteiger partial charge in [0.15, 0.2) is 0 Å².